The first-order valence-electron chi connectivity index (χ1n) is 10.9. The molecule has 1 aromatic heterocycles. The van der Waals surface area contributed by atoms with E-state index in [0.717, 1.165) is 25.0 Å². The summed E-state index contributed by atoms with van der Waals surface area (Å²) in [5.74, 6) is -0.188. The molecule has 3 aromatic rings. The van der Waals surface area contributed by atoms with Gasteiger partial charge in [-0.05, 0) is 73.7 Å². The monoisotopic (exact) mass is 508 g/mol. The summed E-state index contributed by atoms with van der Waals surface area (Å²) in [4.78, 5) is 12.8. The number of amides is 1. The summed E-state index contributed by atoms with van der Waals surface area (Å²) in [5.41, 5.74) is 0.0451. The van der Waals surface area contributed by atoms with Gasteiger partial charge in [0, 0.05) is 24.2 Å². The van der Waals surface area contributed by atoms with Crippen LogP contribution in [-0.4, -0.2) is 41.9 Å². The molecule has 1 saturated heterocycles. The number of aryl methyl sites for hydroxylation is 1. The second kappa shape index (κ2) is 9.42. The van der Waals surface area contributed by atoms with Gasteiger partial charge in [-0.1, -0.05) is 12.0 Å². The number of hydrogen-bond acceptors (Lipinski definition) is 6. The molecule has 2 heterocycles. The molecule has 1 aliphatic heterocycles. The summed E-state index contributed by atoms with van der Waals surface area (Å²) in [5, 5.41) is 9.87. The summed E-state index contributed by atoms with van der Waals surface area (Å²) in [6.07, 6.45) is -2.86. The van der Waals surface area contributed by atoms with E-state index in [-0.39, 0.29) is 27.9 Å². The Morgan fingerprint density at radius 3 is 2.34 bits per heavy atom. The number of benzene rings is 2. The number of alkyl halides is 3. The Morgan fingerprint density at radius 2 is 1.74 bits per heavy atom. The van der Waals surface area contributed by atoms with Crippen molar-refractivity contribution < 1.29 is 30.8 Å². The Hall–Kier alpha value is -3.25. The number of hydrogen-bond donors (Lipinski definition) is 1. The second-order valence-corrected chi connectivity index (χ2v) is 10.4. The third-order valence-electron chi connectivity index (χ3n) is 5.90. The number of nitrogens with one attached hydrogen (secondary N) is 1. The maximum absolute atomic E-state index is 13.0. The first kappa shape index (κ1) is 24.9. The average Bonchev–Trinajstić information content (AvgIpc) is 3.27. The van der Waals surface area contributed by atoms with E-state index in [1.54, 1.807) is 6.92 Å². The molecule has 1 fully saturated rings. The van der Waals surface area contributed by atoms with Gasteiger partial charge in [0.05, 0.1) is 10.5 Å². The Bertz CT molecular complexity index is 1330. The molecule has 12 heteroatoms. The minimum atomic E-state index is -4.47. The van der Waals surface area contributed by atoms with Crippen LogP contribution in [0.1, 0.15) is 41.3 Å². The fourth-order valence-electron chi connectivity index (χ4n) is 3.81. The minimum absolute atomic E-state index is 0.0671. The molecule has 0 aliphatic carbocycles. The molecule has 4 rings (SSSR count). The Balaban J connectivity index is 1.46. The van der Waals surface area contributed by atoms with Crippen LogP contribution in [0, 0.1) is 12.8 Å². The van der Waals surface area contributed by atoms with Crippen LogP contribution >= 0.6 is 0 Å². The number of anilines is 1. The zero-order valence-electron chi connectivity index (χ0n) is 19.0. The smallest absolute Gasteiger partial charge is 0.403 e. The topological polar surface area (TPSA) is 105 Å². The lowest BCUT2D eigenvalue weighted by Crippen LogP contribution is -2.38. The zero-order valence-corrected chi connectivity index (χ0v) is 19.8. The molecule has 8 nitrogen and oxygen atoms in total. The Morgan fingerprint density at radius 1 is 1.09 bits per heavy atom. The van der Waals surface area contributed by atoms with Crippen LogP contribution in [-0.2, 0) is 16.2 Å². The highest BCUT2D eigenvalue weighted by molar-refractivity contribution is 7.89. The summed E-state index contributed by atoms with van der Waals surface area (Å²) in [6, 6.07) is 8.17. The van der Waals surface area contributed by atoms with Crippen LogP contribution in [0.4, 0.5) is 19.2 Å². The predicted octanol–water partition coefficient (Wildman–Crippen LogP) is 4.74. The fourth-order valence-corrected chi connectivity index (χ4v) is 5.48. The van der Waals surface area contributed by atoms with Gasteiger partial charge in [0.25, 0.3) is 5.91 Å². The molecule has 0 saturated carbocycles. The molecule has 0 radical (unpaired) electrons. The van der Waals surface area contributed by atoms with Gasteiger partial charge in [-0.3, -0.25) is 10.1 Å². The van der Waals surface area contributed by atoms with Crippen LogP contribution < -0.4 is 5.32 Å². The molecule has 186 valence electrons. The van der Waals surface area contributed by atoms with Gasteiger partial charge in [0.15, 0.2) is 0 Å². The summed E-state index contributed by atoms with van der Waals surface area (Å²) in [7, 11) is -3.67. The summed E-state index contributed by atoms with van der Waals surface area (Å²) in [6.45, 7) is 4.64. The molecule has 0 atom stereocenters. The Labute approximate surface area is 200 Å². The van der Waals surface area contributed by atoms with Crippen molar-refractivity contribution in [2.24, 2.45) is 5.92 Å². The van der Waals surface area contributed by atoms with Gasteiger partial charge >= 0.3 is 12.2 Å². The van der Waals surface area contributed by atoms with Crippen molar-refractivity contribution in [3.63, 3.8) is 0 Å². The number of carbonyl (C=O) groups excluding carboxylic acids is 1. The van der Waals surface area contributed by atoms with E-state index < -0.39 is 27.7 Å². The molecule has 2 aromatic carbocycles. The van der Waals surface area contributed by atoms with Crippen molar-refractivity contribution in [2.45, 2.75) is 37.8 Å². The predicted molar refractivity (Wildman–Crippen MR) is 121 cm³/mol. The number of rotatable bonds is 5. The first-order chi connectivity index (χ1) is 16.4. The number of carbonyl (C=O) groups is 1. The molecular weight excluding hydrogens is 485 g/mol. The van der Waals surface area contributed by atoms with E-state index in [9.17, 15) is 26.4 Å². The van der Waals surface area contributed by atoms with E-state index in [0.29, 0.717) is 24.6 Å². The summed E-state index contributed by atoms with van der Waals surface area (Å²) >= 11 is 0. The van der Waals surface area contributed by atoms with E-state index in [1.807, 2.05) is 0 Å². The van der Waals surface area contributed by atoms with Crippen LogP contribution in [0.25, 0.3) is 11.5 Å². The minimum Gasteiger partial charge on any atom is -0.403 e. The van der Waals surface area contributed by atoms with Gasteiger partial charge in [-0.25, -0.2) is 8.42 Å². The first-order valence-corrected chi connectivity index (χ1v) is 12.3. The van der Waals surface area contributed by atoms with Gasteiger partial charge in [-0.2, -0.15) is 17.5 Å². The van der Waals surface area contributed by atoms with Crippen molar-refractivity contribution in [1.29, 1.82) is 0 Å². The van der Waals surface area contributed by atoms with Crippen LogP contribution in [0.2, 0.25) is 0 Å². The van der Waals surface area contributed by atoms with Crippen molar-refractivity contribution in [3.05, 3.63) is 59.2 Å². The van der Waals surface area contributed by atoms with E-state index in [4.69, 9.17) is 4.42 Å². The SMILES string of the molecule is Cc1cc(C(=O)Nc2nnc(-c3ccc(C(F)(F)F)cc3)o2)ccc1S(=O)(=O)N1CCC(C)CC1. The molecule has 0 bridgehead atoms. The van der Waals surface area contributed by atoms with Crippen molar-refractivity contribution in [1.82, 2.24) is 14.5 Å². The van der Waals surface area contributed by atoms with E-state index in [2.05, 4.69) is 22.4 Å². The lowest BCUT2D eigenvalue weighted by Gasteiger charge is -2.29. The fraction of sp³-hybridized carbons (Fsp3) is 0.348. The van der Waals surface area contributed by atoms with Crippen LogP contribution in [0.5, 0.6) is 0 Å². The number of aromatic nitrogens is 2. The zero-order chi connectivity index (χ0) is 25.4. The molecule has 1 aliphatic rings. The lowest BCUT2D eigenvalue weighted by molar-refractivity contribution is -0.137. The molecule has 0 unspecified atom stereocenters. The largest absolute Gasteiger partial charge is 0.416 e. The molecule has 0 spiro atoms. The van der Waals surface area contributed by atoms with Crippen LogP contribution in [0.3, 0.4) is 0 Å². The molecular formula is C23H23F3N4O4S. The second-order valence-electron chi connectivity index (χ2n) is 8.51. The highest BCUT2D eigenvalue weighted by Gasteiger charge is 2.31. The van der Waals surface area contributed by atoms with Gasteiger partial charge in [0.1, 0.15) is 0 Å². The van der Waals surface area contributed by atoms with Gasteiger partial charge in [0.2, 0.25) is 15.9 Å². The number of nitrogens with zero attached hydrogens (tertiary/aromatic N) is 3. The third kappa shape index (κ3) is 5.38. The van der Waals surface area contributed by atoms with Gasteiger partial charge < -0.3 is 4.42 Å². The van der Waals surface area contributed by atoms with E-state index in [1.165, 1.54) is 34.6 Å². The van der Waals surface area contributed by atoms with Crippen molar-refractivity contribution >= 4 is 21.9 Å². The highest BCUT2D eigenvalue weighted by atomic mass is 32.2. The van der Waals surface area contributed by atoms with E-state index >= 15 is 0 Å². The van der Waals surface area contributed by atoms with Crippen molar-refractivity contribution in [2.75, 3.05) is 18.4 Å². The molecule has 35 heavy (non-hydrogen) atoms. The summed E-state index contributed by atoms with van der Waals surface area (Å²) < 4.78 is 71.0. The maximum Gasteiger partial charge on any atom is 0.416 e. The number of halogens is 3. The Kier molecular flexibility index (Phi) is 6.69. The standard InChI is InChI=1S/C23H23F3N4O4S/c1-14-9-11-30(12-10-14)35(32,33)19-8-5-17(13-15(19)2)20(31)27-22-29-28-21(34-22)16-3-6-18(7-4-16)23(24,25)26/h3-8,13-14H,9-12H2,1-2H3,(H,27,29,31). The highest BCUT2D eigenvalue weighted by Crippen LogP contribution is 2.31. The number of sulfonamides is 1. The lowest BCUT2D eigenvalue weighted by atomic mass is 10.0. The van der Waals surface area contributed by atoms with Gasteiger partial charge in [-0.15, -0.1) is 5.10 Å². The maximum atomic E-state index is 13.0. The normalized spacial score (nSPS) is 15.8. The van der Waals surface area contributed by atoms with Crippen molar-refractivity contribution in [3.8, 4) is 11.5 Å². The molecule has 1 amide bonds. The quantitative estimate of drug-likeness (QED) is 0.534. The molecule has 1 N–H and O–H groups in total. The average molecular weight is 509 g/mol. The third-order valence-corrected chi connectivity index (χ3v) is 7.96. The number of piperidine rings is 1. The van der Waals surface area contributed by atoms with Crippen LogP contribution in [0.15, 0.2) is 51.8 Å².